The molecule has 0 aromatic heterocycles. The normalized spacial score (nSPS) is 8.85. The Hall–Kier alpha value is -0.283. The van der Waals surface area contributed by atoms with Gasteiger partial charge in [-0.25, -0.2) is 4.79 Å². The van der Waals surface area contributed by atoms with Crippen LogP contribution in [0.15, 0.2) is 12.2 Å². The van der Waals surface area contributed by atoms with Crippen LogP contribution in [-0.4, -0.2) is 48.7 Å². The van der Waals surface area contributed by atoms with Crippen LogP contribution in [0.25, 0.3) is 0 Å². The Balaban J connectivity index is -0.000000143. The van der Waals surface area contributed by atoms with Crippen LogP contribution in [0.5, 0.6) is 0 Å². The first kappa shape index (κ1) is 18.5. The molecule has 0 atom stereocenters. The molecule has 0 fully saturated rings. The maximum atomic E-state index is 9.60. The van der Waals surface area contributed by atoms with Gasteiger partial charge in [-0.3, -0.25) is 4.55 Å². The molecule has 13 heavy (non-hydrogen) atoms. The third kappa shape index (κ3) is 24.5. The van der Waals surface area contributed by atoms with Gasteiger partial charge in [0.25, 0.3) is 10.1 Å². The van der Waals surface area contributed by atoms with Crippen molar-refractivity contribution in [1.82, 2.24) is 0 Å². The van der Waals surface area contributed by atoms with Gasteiger partial charge in [-0.1, -0.05) is 6.58 Å². The molecule has 5 nitrogen and oxygen atoms in total. The van der Waals surface area contributed by atoms with Crippen molar-refractivity contribution < 1.29 is 22.9 Å². The predicted octanol–water partition coefficient (Wildman–Crippen LogP) is -0.107. The van der Waals surface area contributed by atoms with Crippen LogP contribution in [-0.2, 0) is 14.9 Å². The average Bonchev–Trinajstić information content (AvgIpc) is 1.87. The summed E-state index contributed by atoms with van der Waals surface area (Å²) in [6.07, 6.45) is 0. The fraction of sp³-hybridized carbons (Fsp3) is 0.500. The monoisotopic (exact) mass is 204 g/mol. The Morgan fingerprint density at radius 3 is 1.62 bits per heavy atom. The predicted molar refractivity (Wildman–Crippen MR) is 51.7 cm³/mol. The molecule has 0 unspecified atom stereocenters. The quantitative estimate of drug-likeness (QED) is 0.372. The van der Waals surface area contributed by atoms with Crippen LogP contribution in [0.4, 0.5) is 0 Å². The van der Waals surface area contributed by atoms with Crippen LogP contribution in [0.1, 0.15) is 13.8 Å². The summed E-state index contributed by atoms with van der Waals surface area (Å²) in [4.78, 5) is 9.60. The van der Waals surface area contributed by atoms with Gasteiger partial charge in [0.15, 0.2) is 0 Å². The average molecular weight is 204 g/mol. The van der Waals surface area contributed by atoms with Crippen molar-refractivity contribution in [3.63, 3.8) is 0 Å². The second kappa shape index (κ2) is 8.32. The minimum atomic E-state index is -3.66. The van der Waals surface area contributed by atoms with Crippen LogP contribution in [0, 0.1) is 0 Å². The molecule has 0 bridgehead atoms. The van der Waals surface area contributed by atoms with Crippen LogP contribution in [0.3, 0.4) is 0 Å². The molecule has 0 aromatic rings. The number of carboxylic acid groups (broad SMARTS) is 1. The van der Waals surface area contributed by atoms with Crippen LogP contribution >= 0.6 is 0 Å². The fourth-order valence-corrected chi connectivity index (χ4v) is 0. The van der Waals surface area contributed by atoms with E-state index in [1.54, 1.807) is 0 Å². The number of carbonyl (C=O) groups is 1. The number of rotatable bonds is 2. The summed E-state index contributed by atoms with van der Waals surface area (Å²) in [6.45, 7) is 5.97. The van der Waals surface area contributed by atoms with Gasteiger partial charge in [-0.05, 0) is 13.8 Å². The van der Waals surface area contributed by atoms with E-state index < -0.39 is 16.1 Å². The number of hydrogen-bond donors (Lipinski definition) is 2. The Labute approximate surface area is 89.8 Å². The molecule has 74 valence electrons. The van der Waals surface area contributed by atoms with Crippen molar-refractivity contribution in [3.8, 4) is 0 Å². The van der Waals surface area contributed by atoms with E-state index in [1.165, 1.54) is 13.8 Å². The first-order valence-corrected chi connectivity index (χ1v) is 4.65. The zero-order chi connectivity index (χ0) is 10.4. The molecule has 0 aliphatic rings. The molecular formula is C6H13LiO5S. The molecule has 0 heterocycles. The van der Waals surface area contributed by atoms with Crippen molar-refractivity contribution in [2.45, 2.75) is 13.8 Å². The van der Waals surface area contributed by atoms with Gasteiger partial charge >= 0.3 is 24.8 Å². The third-order valence-electron chi connectivity index (χ3n) is 0.730. The van der Waals surface area contributed by atoms with Gasteiger partial charge in [0.1, 0.15) is 0 Å². The van der Waals surface area contributed by atoms with Crippen molar-refractivity contribution in [1.29, 1.82) is 0 Å². The second-order valence-electron chi connectivity index (χ2n) is 1.96. The van der Waals surface area contributed by atoms with E-state index in [-0.39, 0.29) is 30.2 Å². The molecule has 0 amide bonds. The van der Waals surface area contributed by atoms with Gasteiger partial charge in [-0.15, -0.1) is 0 Å². The number of aliphatic carboxylic acids is 1. The molecule has 0 rings (SSSR count). The number of carboxylic acids is 1. The molecule has 7 heteroatoms. The van der Waals surface area contributed by atoms with Gasteiger partial charge in [0, 0.05) is 5.57 Å². The summed E-state index contributed by atoms with van der Waals surface area (Å²) in [5.74, 6) is -1.14. The Kier molecular flexibility index (Phi) is 11.8. The Morgan fingerprint density at radius 1 is 1.46 bits per heavy atom. The molecule has 0 saturated heterocycles. The van der Waals surface area contributed by atoms with Gasteiger partial charge in [0.2, 0.25) is 0 Å². The summed E-state index contributed by atoms with van der Waals surface area (Å²) in [5.41, 5.74) is 0.176. The standard InChI is InChI=1S/C4H6O2.C2H6O3S.Li.H/c1-3(2)4(5)6;1-2-6(3,4)5;;/h1H2,2H3,(H,5,6);2H2,1H3,(H,3,4,5);;. The molecule has 0 aliphatic heterocycles. The zero-order valence-corrected chi connectivity index (χ0v) is 7.76. The topological polar surface area (TPSA) is 91.7 Å². The summed E-state index contributed by atoms with van der Waals surface area (Å²) in [5, 5.41) is 7.89. The maximum absolute atomic E-state index is 9.60. The zero-order valence-electron chi connectivity index (χ0n) is 6.94. The molecule has 0 spiro atoms. The molecule has 0 aliphatic carbocycles. The SMILES string of the molecule is C=C(C)C(=O)O.CCS(=O)(=O)O.[LiH]. The molecule has 0 radical (unpaired) electrons. The molecule has 0 saturated carbocycles. The third-order valence-corrected chi connectivity index (χ3v) is 1.46. The molecule has 2 N–H and O–H groups in total. The summed E-state index contributed by atoms with van der Waals surface area (Å²) >= 11 is 0. The van der Waals surface area contributed by atoms with E-state index in [2.05, 4.69) is 6.58 Å². The van der Waals surface area contributed by atoms with Crippen molar-refractivity contribution >= 4 is 34.9 Å². The van der Waals surface area contributed by atoms with E-state index in [9.17, 15) is 13.2 Å². The summed E-state index contributed by atoms with van der Waals surface area (Å²) < 4.78 is 26.9. The van der Waals surface area contributed by atoms with Gasteiger partial charge in [0.05, 0.1) is 5.75 Å². The Morgan fingerprint density at radius 2 is 1.62 bits per heavy atom. The van der Waals surface area contributed by atoms with E-state index in [0.717, 1.165) is 0 Å². The van der Waals surface area contributed by atoms with E-state index in [0.29, 0.717) is 0 Å². The first-order valence-electron chi connectivity index (χ1n) is 3.04. The summed E-state index contributed by atoms with van der Waals surface area (Å²) in [6, 6.07) is 0. The van der Waals surface area contributed by atoms with E-state index in [1.807, 2.05) is 0 Å². The molecule has 0 aromatic carbocycles. The minimum absolute atomic E-state index is 0. The first-order chi connectivity index (χ1) is 5.20. The van der Waals surface area contributed by atoms with Gasteiger partial charge in [-0.2, -0.15) is 8.42 Å². The van der Waals surface area contributed by atoms with E-state index >= 15 is 0 Å². The second-order valence-corrected chi connectivity index (χ2v) is 3.70. The van der Waals surface area contributed by atoms with E-state index in [4.69, 9.17) is 9.66 Å². The van der Waals surface area contributed by atoms with Crippen LogP contribution in [0.2, 0.25) is 0 Å². The van der Waals surface area contributed by atoms with Crippen molar-refractivity contribution in [3.05, 3.63) is 12.2 Å². The fourth-order valence-electron chi connectivity index (χ4n) is 0. The Bertz CT molecular complexity index is 244. The van der Waals surface area contributed by atoms with Crippen molar-refractivity contribution in [2.75, 3.05) is 5.75 Å². The van der Waals surface area contributed by atoms with Gasteiger partial charge < -0.3 is 5.11 Å². The van der Waals surface area contributed by atoms with Crippen LogP contribution < -0.4 is 0 Å². The summed E-state index contributed by atoms with van der Waals surface area (Å²) in [7, 11) is -3.66. The van der Waals surface area contributed by atoms with Crippen molar-refractivity contribution in [2.24, 2.45) is 0 Å². The molecular weight excluding hydrogens is 191 g/mol. The number of hydrogen-bond acceptors (Lipinski definition) is 3.